The molecule has 1 saturated heterocycles. The Morgan fingerprint density at radius 1 is 1.29 bits per heavy atom. The lowest BCUT2D eigenvalue weighted by atomic mass is 9.80. The fourth-order valence-corrected chi connectivity index (χ4v) is 2.68. The molecule has 0 radical (unpaired) electrons. The van der Waals surface area contributed by atoms with E-state index in [0.29, 0.717) is 19.8 Å². The van der Waals surface area contributed by atoms with E-state index in [0.717, 1.165) is 37.1 Å². The van der Waals surface area contributed by atoms with E-state index < -0.39 is 0 Å². The van der Waals surface area contributed by atoms with E-state index in [2.05, 4.69) is 29.7 Å². The standard InChI is InChI=1S/C17H26N2O2/c1-3-21-13-15-7-5-4-6-14(15)12-19-16(20)17(2)8-10-18-11-9-17/h4-7,18H,3,8-13H2,1-2H3,(H,19,20). The van der Waals surface area contributed by atoms with Gasteiger partial charge in [0.1, 0.15) is 0 Å². The van der Waals surface area contributed by atoms with E-state index in [1.54, 1.807) is 0 Å². The Kier molecular flexibility index (Phi) is 5.76. The summed E-state index contributed by atoms with van der Waals surface area (Å²) in [6, 6.07) is 8.12. The zero-order valence-corrected chi connectivity index (χ0v) is 13.1. The van der Waals surface area contributed by atoms with Crippen LogP contribution in [0.25, 0.3) is 0 Å². The van der Waals surface area contributed by atoms with Crippen LogP contribution in [0.4, 0.5) is 0 Å². The monoisotopic (exact) mass is 290 g/mol. The first-order valence-corrected chi connectivity index (χ1v) is 7.79. The first kappa shape index (κ1) is 16.0. The summed E-state index contributed by atoms with van der Waals surface area (Å²) in [6.45, 7) is 7.77. The summed E-state index contributed by atoms with van der Waals surface area (Å²) in [6.07, 6.45) is 1.80. The summed E-state index contributed by atoms with van der Waals surface area (Å²) < 4.78 is 5.48. The third-order valence-electron chi connectivity index (χ3n) is 4.27. The Hall–Kier alpha value is -1.39. The first-order chi connectivity index (χ1) is 10.2. The van der Waals surface area contributed by atoms with Crippen molar-refractivity contribution in [3.05, 3.63) is 35.4 Å². The molecule has 0 atom stereocenters. The van der Waals surface area contributed by atoms with Gasteiger partial charge in [0, 0.05) is 18.6 Å². The molecule has 21 heavy (non-hydrogen) atoms. The smallest absolute Gasteiger partial charge is 0.226 e. The van der Waals surface area contributed by atoms with Gasteiger partial charge in [-0.2, -0.15) is 0 Å². The molecule has 1 aromatic carbocycles. The molecular weight excluding hydrogens is 264 g/mol. The van der Waals surface area contributed by atoms with Crippen molar-refractivity contribution in [3.8, 4) is 0 Å². The Labute approximate surface area is 127 Å². The van der Waals surface area contributed by atoms with E-state index in [1.807, 2.05) is 19.1 Å². The van der Waals surface area contributed by atoms with Crippen LogP contribution >= 0.6 is 0 Å². The van der Waals surface area contributed by atoms with E-state index in [9.17, 15) is 4.79 Å². The second-order valence-corrected chi connectivity index (χ2v) is 5.90. The molecule has 1 amide bonds. The lowest BCUT2D eigenvalue weighted by Crippen LogP contribution is -2.45. The van der Waals surface area contributed by atoms with Gasteiger partial charge in [-0.15, -0.1) is 0 Å². The Morgan fingerprint density at radius 2 is 1.95 bits per heavy atom. The number of ether oxygens (including phenoxy) is 1. The maximum atomic E-state index is 12.4. The topological polar surface area (TPSA) is 50.4 Å². The number of hydrogen-bond acceptors (Lipinski definition) is 3. The predicted molar refractivity (Wildman–Crippen MR) is 83.8 cm³/mol. The highest BCUT2D eigenvalue weighted by atomic mass is 16.5. The highest BCUT2D eigenvalue weighted by Crippen LogP contribution is 2.28. The summed E-state index contributed by atoms with van der Waals surface area (Å²) >= 11 is 0. The minimum atomic E-state index is -0.236. The van der Waals surface area contributed by atoms with Gasteiger partial charge in [0.25, 0.3) is 0 Å². The molecule has 4 heteroatoms. The minimum Gasteiger partial charge on any atom is -0.377 e. The SMILES string of the molecule is CCOCc1ccccc1CNC(=O)C1(C)CCNCC1. The molecular formula is C17H26N2O2. The van der Waals surface area contributed by atoms with Gasteiger partial charge in [0.05, 0.1) is 6.61 Å². The summed E-state index contributed by atoms with van der Waals surface area (Å²) in [5.41, 5.74) is 2.05. The van der Waals surface area contributed by atoms with Crippen molar-refractivity contribution in [1.82, 2.24) is 10.6 Å². The van der Waals surface area contributed by atoms with Crippen LogP contribution < -0.4 is 10.6 Å². The Balaban J connectivity index is 1.94. The average molecular weight is 290 g/mol. The summed E-state index contributed by atoms with van der Waals surface area (Å²) in [4.78, 5) is 12.4. The van der Waals surface area contributed by atoms with E-state index in [1.165, 1.54) is 0 Å². The third kappa shape index (κ3) is 4.29. The maximum Gasteiger partial charge on any atom is 0.226 e. The van der Waals surface area contributed by atoms with Crippen LogP contribution in [0.5, 0.6) is 0 Å². The fourth-order valence-electron chi connectivity index (χ4n) is 2.68. The normalized spacial score (nSPS) is 17.4. The van der Waals surface area contributed by atoms with Crippen LogP contribution in [0.15, 0.2) is 24.3 Å². The number of amides is 1. The lowest BCUT2D eigenvalue weighted by Gasteiger charge is -2.32. The molecule has 1 heterocycles. The van der Waals surface area contributed by atoms with Crippen LogP contribution in [0.3, 0.4) is 0 Å². The summed E-state index contributed by atoms with van der Waals surface area (Å²) in [5, 5.41) is 6.41. The number of carbonyl (C=O) groups excluding carboxylic acids is 1. The van der Waals surface area contributed by atoms with Gasteiger partial charge in [-0.1, -0.05) is 31.2 Å². The maximum absolute atomic E-state index is 12.4. The molecule has 1 aromatic rings. The Bertz CT molecular complexity index is 468. The van der Waals surface area contributed by atoms with Crippen molar-refractivity contribution in [2.45, 2.75) is 39.8 Å². The van der Waals surface area contributed by atoms with Gasteiger partial charge in [0.15, 0.2) is 0 Å². The molecule has 0 saturated carbocycles. The lowest BCUT2D eigenvalue weighted by molar-refractivity contribution is -0.131. The number of piperidine rings is 1. The van der Waals surface area contributed by atoms with Crippen LogP contribution in [-0.4, -0.2) is 25.6 Å². The molecule has 2 rings (SSSR count). The zero-order chi connectivity index (χ0) is 15.1. The van der Waals surface area contributed by atoms with Crippen molar-refractivity contribution < 1.29 is 9.53 Å². The number of benzene rings is 1. The van der Waals surface area contributed by atoms with Crippen LogP contribution in [0, 0.1) is 5.41 Å². The number of nitrogens with one attached hydrogen (secondary N) is 2. The zero-order valence-electron chi connectivity index (χ0n) is 13.1. The average Bonchev–Trinajstić information content (AvgIpc) is 2.52. The molecule has 1 aliphatic heterocycles. The van der Waals surface area contributed by atoms with Crippen LogP contribution in [-0.2, 0) is 22.7 Å². The molecule has 1 fully saturated rings. The predicted octanol–water partition coefficient (Wildman–Crippen LogP) is 2.23. The summed E-state index contributed by atoms with van der Waals surface area (Å²) in [5.74, 6) is 0.162. The van der Waals surface area contributed by atoms with Crippen molar-refractivity contribution in [3.63, 3.8) is 0 Å². The first-order valence-electron chi connectivity index (χ1n) is 7.79. The highest BCUT2D eigenvalue weighted by molar-refractivity contribution is 5.82. The van der Waals surface area contributed by atoms with Gasteiger partial charge >= 0.3 is 0 Å². The van der Waals surface area contributed by atoms with Gasteiger partial charge < -0.3 is 15.4 Å². The fraction of sp³-hybridized carbons (Fsp3) is 0.588. The number of rotatable bonds is 6. The van der Waals surface area contributed by atoms with Crippen LogP contribution in [0.1, 0.15) is 37.8 Å². The number of carbonyl (C=O) groups is 1. The van der Waals surface area contributed by atoms with Crippen molar-refractivity contribution in [1.29, 1.82) is 0 Å². The molecule has 0 spiro atoms. The summed E-state index contributed by atoms with van der Waals surface area (Å²) in [7, 11) is 0. The highest BCUT2D eigenvalue weighted by Gasteiger charge is 2.34. The van der Waals surface area contributed by atoms with E-state index in [-0.39, 0.29) is 11.3 Å². The van der Waals surface area contributed by atoms with Crippen molar-refractivity contribution in [2.24, 2.45) is 5.41 Å². The molecule has 0 unspecified atom stereocenters. The van der Waals surface area contributed by atoms with E-state index in [4.69, 9.17) is 4.74 Å². The van der Waals surface area contributed by atoms with Gasteiger partial charge in [0.2, 0.25) is 5.91 Å². The second kappa shape index (κ2) is 7.57. The molecule has 1 aliphatic rings. The molecule has 4 nitrogen and oxygen atoms in total. The molecule has 0 aromatic heterocycles. The van der Waals surface area contributed by atoms with Gasteiger partial charge in [-0.3, -0.25) is 4.79 Å². The molecule has 0 aliphatic carbocycles. The van der Waals surface area contributed by atoms with E-state index >= 15 is 0 Å². The molecule has 116 valence electrons. The minimum absolute atomic E-state index is 0.162. The third-order valence-corrected chi connectivity index (χ3v) is 4.27. The largest absolute Gasteiger partial charge is 0.377 e. The van der Waals surface area contributed by atoms with Crippen molar-refractivity contribution in [2.75, 3.05) is 19.7 Å². The van der Waals surface area contributed by atoms with Gasteiger partial charge in [-0.25, -0.2) is 0 Å². The van der Waals surface area contributed by atoms with Crippen molar-refractivity contribution >= 4 is 5.91 Å². The number of hydrogen-bond donors (Lipinski definition) is 2. The quantitative estimate of drug-likeness (QED) is 0.844. The van der Waals surface area contributed by atoms with Gasteiger partial charge in [-0.05, 0) is 44.0 Å². The van der Waals surface area contributed by atoms with Crippen LogP contribution in [0.2, 0.25) is 0 Å². The molecule has 0 bridgehead atoms. The molecule has 2 N–H and O–H groups in total. The second-order valence-electron chi connectivity index (χ2n) is 5.90. The Morgan fingerprint density at radius 3 is 2.62 bits per heavy atom.